The molecule has 0 saturated heterocycles. The summed E-state index contributed by atoms with van der Waals surface area (Å²) in [5.41, 5.74) is 0. The SMILES string of the molecule is CC1CCC(CC2CCC(CC3CCC(CC4CCC(CC5CCC(C)CC5)CC4)CC3)CC2)CC1. The van der Waals surface area contributed by atoms with Gasteiger partial charge in [0, 0.05) is 0 Å². The molecule has 208 valence electrons. The van der Waals surface area contributed by atoms with Gasteiger partial charge in [0.1, 0.15) is 0 Å². The molecule has 0 radical (unpaired) electrons. The second-order valence-corrected chi connectivity index (χ2v) is 15.9. The van der Waals surface area contributed by atoms with Crippen molar-refractivity contribution in [2.75, 3.05) is 0 Å². The molecule has 0 aromatic heterocycles. The Morgan fingerprint density at radius 3 is 0.556 bits per heavy atom. The van der Waals surface area contributed by atoms with Crippen molar-refractivity contribution in [1.29, 1.82) is 0 Å². The van der Waals surface area contributed by atoms with Crippen LogP contribution in [-0.2, 0) is 0 Å². The maximum atomic E-state index is 2.47. The molecule has 0 nitrogen and oxygen atoms in total. The van der Waals surface area contributed by atoms with Gasteiger partial charge in [0.2, 0.25) is 0 Å². The standard InChI is InChI=1S/C36H64/c1-27-3-7-29(8-4-27)23-31-11-15-33(16-12-31)25-35-19-21-36(22-20-35)26-34-17-13-32(14-18-34)24-30-9-5-28(2)6-10-30/h27-36H,3-26H2,1-2H3. The van der Waals surface area contributed by atoms with Gasteiger partial charge in [0.15, 0.2) is 0 Å². The lowest BCUT2D eigenvalue weighted by molar-refractivity contribution is 0.147. The van der Waals surface area contributed by atoms with Crippen LogP contribution in [-0.4, -0.2) is 0 Å². The summed E-state index contributed by atoms with van der Waals surface area (Å²) in [6.07, 6.45) is 37.6. The molecule has 0 aromatic carbocycles. The zero-order chi connectivity index (χ0) is 24.7. The van der Waals surface area contributed by atoms with Crippen molar-refractivity contribution in [2.24, 2.45) is 59.2 Å². The molecule has 5 aliphatic carbocycles. The van der Waals surface area contributed by atoms with Gasteiger partial charge in [0.25, 0.3) is 0 Å². The van der Waals surface area contributed by atoms with Crippen LogP contribution >= 0.6 is 0 Å². The summed E-state index contributed by atoms with van der Waals surface area (Å²) in [6.45, 7) is 4.94. The first-order valence-corrected chi connectivity index (χ1v) is 17.6. The molecule has 0 aliphatic heterocycles. The van der Waals surface area contributed by atoms with Crippen LogP contribution in [0.3, 0.4) is 0 Å². The van der Waals surface area contributed by atoms with Gasteiger partial charge >= 0.3 is 0 Å². The molecule has 0 N–H and O–H groups in total. The molecule has 0 amide bonds. The van der Waals surface area contributed by atoms with E-state index < -0.39 is 0 Å². The molecular formula is C36H64. The van der Waals surface area contributed by atoms with Crippen molar-refractivity contribution in [3.63, 3.8) is 0 Å². The van der Waals surface area contributed by atoms with E-state index in [9.17, 15) is 0 Å². The van der Waals surface area contributed by atoms with Gasteiger partial charge in [-0.3, -0.25) is 0 Å². The quantitative estimate of drug-likeness (QED) is 0.313. The minimum absolute atomic E-state index is 1.02. The van der Waals surface area contributed by atoms with E-state index >= 15 is 0 Å². The topological polar surface area (TPSA) is 0 Å². The third-order valence-corrected chi connectivity index (χ3v) is 12.8. The maximum absolute atomic E-state index is 2.47. The summed E-state index contributed by atoms with van der Waals surface area (Å²) in [5, 5.41) is 0. The van der Waals surface area contributed by atoms with Crippen molar-refractivity contribution >= 4 is 0 Å². The van der Waals surface area contributed by atoms with E-state index in [-0.39, 0.29) is 0 Å². The third kappa shape index (κ3) is 8.50. The average Bonchev–Trinajstić information content (AvgIpc) is 2.90. The highest BCUT2D eigenvalue weighted by Gasteiger charge is 2.31. The molecule has 5 rings (SSSR count). The van der Waals surface area contributed by atoms with Gasteiger partial charge in [-0.1, -0.05) is 142 Å². The van der Waals surface area contributed by atoms with Gasteiger partial charge < -0.3 is 0 Å². The van der Waals surface area contributed by atoms with Crippen molar-refractivity contribution in [1.82, 2.24) is 0 Å². The summed E-state index contributed by atoms with van der Waals surface area (Å²) < 4.78 is 0. The third-order valence-electron chi connectivity index (χ3n) is 12.8. The normalized spacial score (nSPS) is 44.8. The van der Waals surface area contributed by atoms with E-state index in [1.807, 2.05) is 0 Å². The predicted octanol–water partition coefficient (Wildman–Crippen LogP) is 11.6. The van der Waals surface area contributed by atoms with Gasteiger partial charge in [-0.2, -0.15) is 0 Å². The Morgan fingerprint density at radius 2 is 0.389 bits per heavy atom. The predicted molar refractivity (Wildman–Crippen MR) is 157 cm³/mol. The lowest BCUT2D eigenvalue weighted by Gasteiger charge is -2.37. The highest BCUT2D eigenvalue weighted by Crippen LogP contribution is 2.44. The number of rotatable bonds is 8. The van der Waals surface area contributed by atoms with Gasteiger partial charge in [-0.15, -0.1) is 0 Å². The largest absolute Gasteiger partial charge is 0.0625 e. The molecule has 0 heteroatoms. The smallest absolute Gasteiger partial charge is 0.0411 e. The van der Waals surface area contributed by atoms with Gasteiger partial charge in [-0.25, -0.2) is 0 Å². The highest BCUT2D eigenvalue weighted by atomic mass is 14.4. The fourth-order valence-corrected chi connectivity index (χ4v) is 10.1. The van der Waals surface area contributed by atoms with Crippen molar-refractivity contribution in [3.8, 4) is 0 Å². The molecule has 0 heterocycles. The second kappa shape index (κ2) is 13.9. The van der Waals surface area contributed by atoms with E-state index in [0.29, 0.717) is 0 Å². The van der Waals surface area contributed by atoms with E-state index in [1.165, 1.54) is 25.7 Å². The lowest BCUT2D eigenvalue weighted by Crippen LogP contribution is -2.24. The van der Waals surface area contributed by atoms with E-state index in [0.717, 1.165) is 59.2 Å². The molecular weight excluding hydrogens is 432 g/mol. The molecule has 5 aliphatic rings. The summed E-state index contributed by atoms with van der Waals surface area (Å²) in [6, 6.07) is 0. The minimum atomic E-state index is 1.02. The van der Waals surface area contributed by atoms with Crippen LogP contribution in [0.25, 0.3) is 0 Å². The van der Waals surface area contributed by atoms with Crippen LogP contribution in [0.5, 0.6) is 0 Å². The van der Waals surface area contributed by atoms with Crippen LogP contribution in [0.4, 0.5) is 0 Å². The zero-order valence-electron chi connectivity index (χ0n) is 24.7. The lowest BCUT2D eigenvalue weighted by atomic mass is 9.68. The van der Waals surface area contributed by atoms with Crippen molar-refractivity contribution in [2.45, 2.75) is 168 Å². The van der Waals surface area contributed by atoms with Crippen LogP contribution in [0.2, 0.25) is 0 Å². The van der Waals surface area contributed by atoms with Crippen LogP contribution in [0.15, 0.2) is 0 Å². The van der Waals surface area contributed by atoms with Crippen LogP contribution in [0.1, 0.15) is 168 Å². The maximum Gasteiger partial charge on any atom is -0.0411 e. The van der Waals surface area contributed by atoms with Crippen LogP contribution in [0, 0.1) is 59.2 Å². The zero-order valence-corrected chi connectivity index (χ0v) is 24.7. The first-order chi connectivity index (χ1) is 17.6. The Morgan fingerprint density at radius 1 is 0.250 bits per heavy atom. The van der Waals surface area contributed by atoms with Gasteiger partial charge in [0.05, 0.1) is 0 Å². The molecule has 5 fully saturated rings. The van der Waals surface area contributed by atoms with E-state index in [4.69, 9.17) is 0 Å². The summed E-state index contributed by atoms with van der Waals surface area (Å²) in [4.78, 5) is 0. The fourth-order valence-electron chi connectivity index (χ4n) is 10.1. The summed E-state index contributed by atoms with van der Waals surface area (Å²) in [5.74, 6) is 10.8. The fraction of sp³-hybridized carbons (Fsp3) is 1.00. The van der Waals surface area contributed by atoms with Crippen molar-refractivity contribution in [3.05, 3.63) is 0 Å². The Labute approximate surface area is 226 Å². The number of hydrogen-bond donors (Lipinski definition) is 0. The first kappa shape index (κ1) is 27.6. The molecule has 0 unspecified atom stereocenters. The Kier molecular flexibility index (Phi) is 10.6. The second-order valence-electron chi connectivity index (χ2n) is 15.9. The van der Waals surface area contributed by atoms with Gasteiger partial charge in [-0.05, 0) is 84.9 Å². The van der Waals surface area contributed by atoms with Crippen molar-refractivity contribution < 1.29 is 0 Å². The molecule has 0 atom stereocenters. The highest BCUT2D eigenvalue weighted by molar-refractivity contribution is 4.83. The Hall–Kier alpha value is 0. The monoisotopic (exact) mass is 497 g/mol. The Bertz CT molecular complexity index is 528. The average molecular weight is 497 g/mol. The molecule has 5 saturated carbocycles. The van der Waals surface area contributed by atoms with E-state index in [1.54, 1.807) is 128 Å². The summed E-state index contributed by atoms with van der Waals surface area (Å²) in [7, 11) is 0. The van der Waals surface area contributed by atoms with E-state index in [2.05, 4.69) is 13.8 Å². The Balaban J connectivity index is 0.912. The first-order valence-electron chi connectivity index (χ1n) is 17.6. The molecule has 0 bridgehead atoms. The minimum Gasteiger partial charge on any atom is -0.0625 e. The summed E-state index contributed by atoms with van der Waals surface area (Å²) >= 11 is 0. The molecule has 0 aromatic rings. The van der Waals surface area contributed by atoms with Crippen LogP contribution < -0.4 is 0 Å². The molecule has 0 spiro atoms. The molecule has 36 heavy (non-hydrogen) atoms. The number of hydrogen-bond acceptors (Lipinski definition) is 0.